The highest BCUT2D eigenvalue weighted by molar-refractivity contribution is 7.92. The predicted molar refractivity (Wildman–Crippen MR) is 105 cm³/mol. The maximum absolute atomic E-state index is 13.1. The summed E-state index contributed by atoms with van der Waals surface area (Å²) < 4.78 is 40.6. The molecule has 0 saturated heterocycles. The van der Waals surface area contributed by atoms with Crippen molar-refractivity contribution in [1.82, 2.24) is 0 Å². The number of carboxylic acid groups (broad SMARTS) is 1. The van der Waals surface area contributed by atoms with Gasteiger partial charge in [0.1, 0.15) is 5.82 Å². The van der Waals surface area contributed by atoms with E-state index in [1.165, 1.54) is 12.1 Å². The van der Waals surface area contributed by atoms with Gasteiger partial charge in [-0.1, -0.05) is 24.3 Å². The Bertz CT molecular complexity index is 1050. The number of carbonyl (C=O) groups excluding carboxylic acids is 1. The molecular formula is C20H19FN2O5S. The summed E-state index contributed by atoms with van der Waals surface area (Å²) in [5, 5.41) is 12.0. The number of hydrogen-bond donors (Lipinski definition) is 3. The van der Waals surface area contributed by atoms with E-state index in [0.29, 0.717) is 0 Å². The lowest BCUT2D eigenvalue weighted by molar-refractivity contribution is -0.146. The van der Waals surface area contributed by atoms with Crippen LogP contribution >= 0.6 is 0 Å². The highest BCUT2D eigenvalue weighted by Gasteiger charge is 2.34. The lowest BCUT2D eigenvalue weighted by Crippen LogP contribution is -2.35. The first-order valence-corrected chi connectivity index (χ1v) is 10.3. The van der Waals surface area contributed by atoms with Crippen molar-refractivity contribution in [3.63, 3.8) is 0 Å². The van der Waals surface area contributed by atoms with Crippen LogP contribution in [0.25, 0.3) is 0 Å². The number of rotatable bonds is 6. The third-order valence-electron chi connectivity index (χ3n) is 4.64. The molecule has 0 radical (unpaired) electrons. The topological polar surface area (TPSA) is 113 Å². The van der Waals surface area contributed by atoms with Crippen LogP contribution < -0.4 is 10.0 Å². The molecular weight excluding hydrogens is 399 g/mol. The first kappa shape index (κ1) is 20.5. The maximum atomic E-state index is 13.1. The molecule has 0 fully saturated rings. The van der Waals surface area contributed by atoms with Crippen molar-refractivity contribution in [1.29, 1.82) is 0 Å². The van der Waals surface area contributed by atoms with Gasteiger partial charge in [-0.25, -0.2) is 12.8 Å². The maximum Gasteiger partial charge on any atom is 0.307 e. The van der Waals surface area contributed by atoms with Gasteiger partial charge in [-0.15, -0.1) is 0 Å². The van der Waals surface area contributed by atoms with Gasteiger partial charge in [-0.2, -0.15) is 0 Å². The third-order valence-corrected chi connectivity index (χ3v) is 6.02. The summed E-state index contributed by atoms with van der Waals surface area (Å²) in [5.41, 5.74) is 0.310. The largest absolute Gasteiger partial charge is 0.481 e. The molecule has 152 valence electrons. The molecule has 1 aliphatic carbocycles. The van der Waals surface area contributed by atoms with E-state index in [-0.39, 0.29) is 29.1 Å². The lowest BCUT2D eigenvalue weighted by Gasteiger charge is -2.24. The Labute approximate surface area is 167 Å². The Morgan fingerprint density at radius 1 is 0.931 bits per heavy atom. The van der Waals surface area contributed by atoms with E-state index in [1.54, 1.807) is 24.3 Å². The van der Waals surface area contributed by atoms with Crippen LogP contribution in [-0.2, 0) is 19.6 Å². The number of allylic oxidation sites excluding steroid dienone is 2. The fourth-order valence-corrected chi connectivity index (χ4v) is 4.18. The minimum absolute atomic E-state index is 0.114. The molecule has 0 aliphatic heterocycles. The van der Waals surface area contributed by atoms with Crippen LogP contribution in [0.2, 0.25) is 0 Å². The molecule has 7 nitrogen and oxygen atoms in total. The molecule has 0 spiro atoms. The van der Waals surface area contributed by atoms with E-state index in [9.17, 15) is 27.5 Å². The number of para-hydroxylation sites is 2. The zero-order chi connectivity index (χ0) is 21.0. The van der Waals surface area contributed by atoms with Crippen molar-refractivity contribution in [3.05, 3.63) is 66.5 Å². The second-order valence-electron chi connectivity index (χ2n) is 6.59. The number of carbonyl (C=O) groups is 2. The summed E-state index contributed by atoms with van der Waals surface area (Å²) in [5.74, 6) is -3.73. The van der Waals surface area contributed by atoms with Gasteiger partial charge in [0.05, 0.1) is 28.1 Å². The number of anilines is 2. The molecule has 0 aromatic heterocycles. The Hall–Kier alpha value is -3.20. The summed E-state index contributed by atoms with van der Waals surface area (Å²) in [6, 6.07) is 10.5. The minimum Gasteiger partial charge on any atom is -0.481 e. The summed E-state index contributed by atoms with van der Waals surface area (Å²) in [7, 11) is -4.01. The van der Waals surface area contributed by atoms with Crippen LogP contribution in [0.4, 0.5) is 15.8 Å². The van der Waals surface area contributed by atoms with Crippen molar-refractivity contribution in [3.8, 4) is 0 Å². The number of sulfonamides is 1. The number of nitrogens with one attached hydrogen (secondary N) is 2. The molecule has 3 N–H and O–H groups in total. The van der Waals surface area contributed by atoms with Crippen LogP contribution in [0, 0.1) is 17.7 Å². The van der Waals surface area contributed by atoms with Crippen LogP contribution in [-0.4, -0.2) is 25.4 Å². The standard InChI is InChI=1S/C20H19FN2O5S/c21-13-9-11-14(12-10-13)29(27,28)23-18-8-4-3-7-17(18)22-19(24)15-5-1-2-6-16(15)20(25)26/h1-4,7-12,15-16,23H,5-6H2,(H,22,24)(H,25,26)/t15-,16+/m0/s1. The number of amides is 1. The van der Waals surface area contributed by atoms with E-state index in [4.69, 9.17) is 0 Å². The molecule has 0 unspecified atom stereocenters. The van der Waals surface area contributed by atoms with Crippen molar-refractivity contribution in [2.24, 2.45) is 11.8 Å². The first-order chi connectivity index (χ1) is 13.8. The summed E-state index contributed by atoms with van der Waals surface area (Å²) in [4.78, 5) is 24.0. The second-order valence-corrected chi connectivity index (χ2v) is 8.27. The molecule has 2 aromatic rings. The molecule has 29 heavy (non-hydrogen) atoms. The number of benzene rings is 2. The highest BCUT2D eigenvalue weighted by atomic mass is 32.2. The Kier molecular flexibility index (Phi) is 5.97. The van der Waals surface area contributed by atoms with E-state index < -0.39 is 39.6 Å². The summed E-state index contributed by atoms with van der Waals surface area (Å²) >= 11 is 0. The third kappa shape index (κ3) is 4.80. The van der Waals surface area contributed by atoms with Crippen molar-refractivity contribution in [2.75, 3.05) is 10.0 Å². The molecule has 0 heterocycles. The highest BCUT2D eigenvalue weighted by Crippen LogP contribution is 2.30. The van der Waals surface area contributed by atoms with Crippen LogP contribution in [0.5, 0.6) is 0 Å². The van der Waals surface area contributed by atoms with E-state index in [1.807, 2.05) is 0 Å². The van der Waals surface area contributed by atoms with Gasteiger partial charge in [0, 0.05) is 0 Å². The zero-order valence-corrected chi connectivity index (χ0v) is 16.0. The number of carboxylic acids is 1. The number of hydrogen-bond acceptors (Lipinski definition) is 4. The van der Waals surface area contributed by atoms with Crippen LogP contribution in [0.1, 0.15) is 12.8 Å². The average molecular weight is 418 g/mol. The molecule has 1 aliphatic rings. The molecule has 2 atom stereocenters. The van der Waals surface area contributed by atoms with Gasteiger partial charge in [-0.05, 0) is 49.2 Å². The van der Waals surface area contributed by atoms with Gasteiger partial charge in [0.25, 0.3) is 10.0 Å². The van der Waals surface area contributed by atoms with E-state index in [0.717, 1.165) is 24.3 Å². The van der Waals surface area contributed by atoms with Gasteiger partial charge < -0.3 is 10.4 Å². The minimum atomic E-state index is -4.01. The van der Waals surface area contributed by atoms with E-state index >= 15 is 0 Å². The summed E-state index contributed by atoms with van der Waals surface area (Å²) in [6.45, 7) is 0. The molecule has 9 heteroatoms. The van der Waals surface area contributed by atoms with Gasteiger partial charge in [0.2, 0.25) is 5.91 Å². The second kappa shape index (κ2) is 8.44. The summed E-state index contributed by atoms with van der Waals surface area (Å²) in [6.07, 6.45) is 4.03. The molecule has 0 bridgehead atoms. The fraction of sp³-hybridized carbons (Fsp3) is 0.200. The molecule has 1 amide bonds. The first-order valence-electron chi connectivity index (χ1n) is 8.84. The van der Waals surface area contributed by atoms with Gasteiger partial charge in [0.15, 0.2) is 0 Å². The van der Waals surface area contributed by atoms with Gasteiger partial charge >= 0.3 is 5.97 Å². The number of aliphatic carboxylic acids is 1. The van der Waals surface area contributed by atoms with Crippen molar-refractivity contribution in [2.45, 2.75) is 17.7 Å². The Morgan fingerprint density at radius 3 is 2.14 bits per heavy atom. The van der Waals surface area contributed by atoms with Crippen LogP contribution in [0.15, 0.2) is 65.6 Å². The average Bonchev–Trinajstić information content (AvgIpc) is 2.69. The predicted octanol–water partition coefficient (Wildman–Crippen LogP) is 3.23. The zero-order valence-electron chi connectivity index (χ0n) is 15.2. The number of halogens is 1. The quantitative estimate of drug-likeness (QED) is 0.624. The molecule has 3 rings (SSSR count). The van der Waals surface area contributed by atoms with Crippen molar-refractivity contribution < 1.29 is 27.5 Å². The monoisotopic (exact) mass is 418 g/mol. The fourth-order valence-electron chi connectivity index (χ4n) is 3.10. The molecule has 2 aromatic carbocycles. The molecule has 0 saturated carbocycles. The lowest BCUT2D eigenvalue weighted by atomic mass is 9.82. The Morgan fingerprint density at radius 2 is 1.52 bits per heavy atom. The normalized spacial score (nSPS) is 18.8. The van der Waals surface area contributed by atoms with Crippen molar-refractivity contribution >= 4 is 33.3 Å². The smallest absolute Gasteiger partial charge is 0.307 e. The SMILES string of the molecule is O=C(Nc1ccccc1NS(=O)(=O)c1ccc(F)cc1)[C@H]1CC=CC[C@H]1C(=O)O. The van der Waals surface area contributed by atoms with E-state index in [2.05, 4.69) is 10.0 Å². The Balaban J connectivity index is 1.82. The van der Waals surface area contributed by atoms with Gasteiger partial charge in [-0.3, -0.25) is 14.3 Å². The van der Waals surface area contributed by atoms with Crippen LogP contribution in [0.3, 0.4) is 0 Å².